The van der Waals surface area contributed by atoms with Crippen molar-refractivity contribution in [2.45, 2.75) is 75.5 Å². The van der Waals surface area contributed by atoms with Gasteiger partial charge in [0.1, 0.15) is 0 Å². The maximum atomic E-state index is 6.74. The summed E-state index contributed by atoms with van der Waals surface area (Å²) in [7, 11) is 13.5. The second kappa shape index (κ2) is 7.77. The van der Waals surface area contributed by atoms with Crippen molar-refractivity contribution in [1.29, 1.82) is 0 Å². The van der Waals surface area contributed by atoms with Crippen LogP contribution in [0.3, 0.4) is 0 Å². The number of halogens is 2. The quantitative estimate of drug-likeness (QED) is 0.379. The van der Waals surface area contributed by atoms with Crippen LogP contribution >= 0.6 is 32.6 Å². The molecule has 2 fully saturated rings. The molecule has 106 valence electrons. The first kappa shape index (κ1) is 15.5. The molecule has 0 aromatic carbocycles. The van der Waals surface area contributed by atoms with Crippen LogP contribution in [0.4, 0.5) is 0 Å². The van der Waals surface area contributed by atoms with Crippen molar-refractivity contribution in [3.05, 3.63) is 0 Å². The molecule has 0 bridgehead atoms. The Morgan fingerprint density at radius 2 is 1.00 bits per heavy atom. The first-order valence-corrected chi connectivity index (χ1v) is 17.2. The van der Waals surface area contributed by atoms with Crippen molar-refractivity contribution in [2.75, 3.05) is 0 Å². The van der Waals surface area contributed by atoms with E-state index in [1.165, 1.54) is 64.2 Å². The molecule has 2 saturated carbocycles. The Bertz CT molecular complexity index is 205. The van der Waals surface area contributed by atoms with Gasteiger partial charge in [-0.2, -0.15) is 0 Å². The van der Waals surface area contributed by atoms with Gasteiger partial charge < -0.3 is 0 Å². The fourth-order valence-corrected chi connectivity index (χ4v) is 24.9. The third kappa shape index (κ3) is 5.94. The third-order valence-corrected chi connectivity index (χ3v) is 21.2. The van der Waals surface area contributed by atoms with Crippen molar-refractivity contribution in [3.8, 4) is 0 Å². The molecule has 2 aliphatic rings. The zero-order chi connectivity index (χ0) is 12.1. The second-order valence-electron chi connectivity index (χ2n) is 5.22. The molecule has 2 rings (SSSR count). The Kier molecular flexibility index (Phi) is 7.08. The van der Waals surface area contributed by atoms with E-state index in [1.54, 1.807) is 0 Å². The normalized spacial score (nSPS) is 27.4. The van der Waals surface area contributed by atoms with Gasteiger partial charge in [0, 0.05) is 0 Å². The first-order valence-electron chi connectivity index (χ1n) is 6.77. The summed E-state index contributed by atoms with van der Waals surface area (Å²) in [6.07, 6.45) is 14.2. The van der Waals surface area contributed by atoms with Crippen LogP contribution in [-0.4, -0.2) is 11.3 Å². The van der Waals surface area contributed by atoms with Gasteiger partial charge in [-0.1, -0.05) is 0 Å². The molecule has 0 aromatic rings. The summed E-state index contributed by atoms with van der Waals surface area (Å²) in [5, 5.41) is 0. The molecular weight excluding hydrogens is 383 g/mol. The average Bonchev–Trinajstić information content (AvgIpc) is 2.30. The van der Waals surface area contributed by atoms with E-state index in [2.05, 4.69) is 0 Å². The topological polar surface area (TPSA) is 0 Å². The van der Waals surface area contributed by atoms with Gasteiger partial charge >= 0.3 is 121 Å². The minimum absolute atomic E-state index is 0.895. The predicted molar refractivity (Wildman–Crippen MR) is 82.1 cm³/mol. The number of hydrogen-bond acceptors (Lipinski definition) is 0. The van der Waals surface area contributed by atoms with E-state index in [0.29, 0.717) is 0 Å². The SMILES string of the molecule is [Cl][Pd]([Cl])([PH]C1CCCCC1)[PH]C1CCCCC1. The van der Waals surface area contributed by atoms with E-state index in [9.17, 15) is 0 Å². The molecule has 0 aliphatic heterocycles. The molecule has 2 atom stereocenters. The van der Waals surface area contributed by atoms with Gasteiger partial charge in [0.05, 0.1) is 0 Å². The van der Waals surface area contributed by atoms with Gasteiger partial charge in [0.15, 0.2) is 0 Å². The van der Waals surface area contributed by atoms with Crippen LogP contribution in [0.15, 0.2) is 0 Å². The molecule has 17 heavy (non-hydrogen) atoms. The minimum atomic E-state index is -2.00. The summed E-state index contributed by atoms with van der Waals surface area (Å²) in [5.74, 6) is 0. The molecule has 0 radical (unpaired) electrons. The van der Waals surface area contributed by atoms with E-state index in [4.69, 9.17) is 19.1 Å². The molecule has 0 nitrogen and oxygen atoms in total. The molecule has 0 heterocycles. The molecule has 0 N–H and O–H groups in total. The van der Waals surface area contributed by atoms with Gasteiger partial charge in [-0.25, -0.2) is 0 Å². The maximum absolute atomic E-state index is 6.74. The zero-order valence-electron chi connectivity index (χ0n) is 10.3. The Balaban J connectivity index is 1.75. The van der Waals surface area contributed by atoms with Crippen LogP contribution in [0.25, 0.3) is 0 Å². The summed E-state index contributed by atoms with van der Waals surface area (Å²) >= 11 is -2.00. The van der Waals surface area contributed by atoms with Crippen LogP contribution < -0.4 is 0 Å². The van der Waals surface area contributed by atoms with E-state index in [1.807, 2.05) is 0 Å². The van der Waals surface area contributed by atoms with Crippen LogP contribution in [0.2, 0.25) is 0 Å². The zero-order valence-corrected chi connectivity index (χ0v) is 15.4. The van der Waals surface area contributed by atoms with Crippen molar-refractivity contribution < 1.29 is 12.5 Å². The number of rotatable bonds is 4. The van der Waals surface area contributed by atoms with Crippen LogP contribution in [0.5, 0.6) is 0 Å². The molecule has 0 aromatic heterocycles. The molecular formula is C12H24Cl2P2Pd. The van der Waals surface area contributed by atoms with Crippen molar-refractivity contribution in [2.24, 2.45) is 0 Å². The average molecular weight is 408 g/mol. The summed E-state index contributed by atoms with van der Waals surface area (Å²) in [6, 6.07) is 0. The predicted octanol–water partition coefficient (Wildman–Crippen LogP) is 6.30. The molecule has 2 unspecified atom stereocenters. The van der Waals surface area contributed by atoms with Gasteiger partial charge in [-0.05, 0) is 0 Å². The van der Waals surface area contributed by atoms with Crippen LogP contribution in [0, 0.1) is 0 Å². The molecule has 0 amide bonds. The van der Waals surface area contributed by atoms with Gasteiger partial charge in [0.25, 0.3) is 0 Å². The van der Waals surface area contributed by atoms with Crippen molar-refractivity contribution in [1.82, 2.24) is 0 Å². The summed E-state index contributed by atoms with van der Waals surface area (Å²) in [6.45, 7) is 1.85. The Hall–Kier alpha value is 2.10. The standard InChI is InChI=1S/2C6H12P.2ClH.Pd/c2*7-6-4-2-1-3-5-6;;;/h2*6-7H,1-5H2;2*1H;/q2*-1;;;+4/p-2. The van der Waals surface area contributed by atoms with Gasteiger partial charge in [-0.3, -0.25) is 0 Å². The van der Waals surface area contributed by atoms with Crippen LogP contribution in [0.1, 0.15) is 64.2 Å². The fraction of sp³-hybridized carbons (Fsp3) is 1.00. The van der Waals surface area contributed by atoms with E-state index in [-0.39, 0.29) is 0 Å². The van der Waals surface area contributed by atoms with Crippen molar-refractivity contribution in [3.63, 3.8) is 0 Å². The third-order valence-electron chi connectivity index (χ3n) is 3.70. The Labute approximate surface area is 120 Å². The molecule has 5 heteroatoms. The van der Waals surface area contributed by atoms with Gasteiger partial charge in [-0.15, -0.1) is 0 Å². The summed E-state index contributed by atoms with van der Waals surface area (Å²) in [4.78, 5) is 0. The molecule has 0 saturated heterocycles. The van der Waals surface area contributed by atoms with Crippen molar-refractivity contribution >= 4 is 32.6 Å². The Morgan fingerprint density at radius 1 is 0.647 bits per heavy atom. The van der Waals surface area contributed by atoms with E-state index < -0.39 is 12.5 Å². The van der Waals surface area contributed by atoms with Crippen LogP contribution in [-0.2, 0) is 12.5 Å². The van der Waals surface area contributed by atoms with E-state index >= 15 is 0 Å². The van der Waals surface area contributed by atoms with E-state index in [0.717, 1.165) is 24.9 Å². The fourth-order valence-electron chi connectivity index (χ4n) is 2.74. The monoisotopic (exact) mass is 406 g/mol. The molecule has 2 aliphatic carbocycles. The summed E-state index contributed by atoms with van der Waals surface area (Å²) < 4.78 is 0. The number of hydrogen-bond donors (Lipinski definition) is 0. The Morgan fingerprint density at radius 3 is 1.35 bits per heavy atom. The first-order chi connectivity index (χ1) is 8.16. The van der Waals surface area contributed by atoms with Gasteiger partial charge in [0.2, 0.25) is 0 Å². The second-order valence-corrected chi connectivity index (χ2v) is 28.9. The summed E-state index contributed by atoms with van der Waals surface area (Å²) in [5.41, 5.74) is 1.79. The molecule has 0 spiro atoms.